The van der Waals surface area contributed by atoms with Gasteiger partial charge in [-0.05, 0) is 20.6 Å². The Morgan fingerprint density at radius 3 is 1.56 bits per heavy atom. The highest BCUT2D eigenvalue weighted by Gasteiger charge is 2.29. The molecule has 0 aliphatic carbocycles. The van der Waals surface area contributed by atoms with E-state index in [1.807, 2.05) is 0 Å². The lowest BCUT2D eigenvalue weighted by Crippen LogP contribution is -2.07. The van der Waals surface area contributed by atoms with Gasteiger partial charge in [-0.15, -0.1) is 0 Å². The standard InChI is InChI=1S/C8H6N4O6/c1-15-7(13)5-3(9-17-11-5)4-6(8(14)16-2)12-18-10-4/h1-2H3. The third-order valence-corrected chi connectivity index (χ3v) is 1.96. The molecule has 0 radical (unpaired) electrons. The Morgan fingerprint density at radius 2 is 1.22 bits per heavy atom. The van der Waals surface area contributed by atoms with Gasteiger partial charge in [0.1, 0.15) is 0 Å². The van der Waals surface area contributed by atoms with Crippen LogP contribution < -0.4 is 0 Å². The highest BCUT2D eigenvalue weighted by molar-refractivity contribution is 5.98. The fraction of sp³-hybridized carbons (Fsp3) is 0.250. The summed E-state index contributed by atoms with van der Waals surface area (Å²) in [5, 5.41) is 13.6. The van der Waals surface area contributed by atoms with E-state index in [0.29, 0.717) is 0 Å². The van der Waals surface area contributed by atoms with Crippen LogP contribution in [0.2, 0.25) is 0 Å². The second-order valence-corrected chi connectivity index (χ2v) is 2.91. The Hall–Kier alpha value is -2.78. The monoisotopic (exact) mass is 254 g/mol. The number of ether oxygens (including phenoxy) is 2. The minimum Gasteiger partial charge on any atom is -0.464 e. The molecule has 2 heterocycles. The van der Waals surface area contributed by atoms with E-state index in [0.717, 1.165) is 14.2 Å². The fourth-order valence-corrected chi connectivity index (χ4v) is 1.15. The van der Waals surface area contributed by atoms with Crippen molar-refractivity contribution in [3.8, 4) is 11.4 Å². The Kier molecular flexibility index (Phi) is 3.00. The highest BCUT2D eigenvalue weighted by Crippen LogP contribution is 2.22. The van der Waals surface area contributed by atoms with E-state index in [4.69, 9.17) is 0 Å². The van der Waals surface area contributed by atoms with E-state index in [2.05, 4.69) is 39.4 Å². The third-order valence-electron chi connectivity index (χ3n) is 1.96. The van der Waals surface area contributed by atoms with Crippen molar-refractivity contribution in [2.45, 2.75) is 0 Å². The lowest BCUT2D eigenvalue weighted by atomic mass is 10.2. The van der Waals surface area contributed by atoms with E-state index in [1.165, 1.54) is 0 Å². The summed E-state index contributed by atoms with van der Waals surface area (Å²) in [5.41, 5.74) is -0.747. The van der Waals surface area contributed by atoms with Crippen LogP contribution in [0.15, 0.2) is 9.26 Å². The number of rotatable bonds is 3. The van der Waals surface area contributed by atoms with Gasteiger partial charge in [-0.1, -0.05) is 0 Å². The maximum absolute atomic E-state index is 11.4. The normalized spacial score (nSPS) is 10.1. The van der Waals surface area contributed by atoms with Crippen molar-refractivity contribution in [3.63, 3.8) is 0 Å². The summed E-state index contributed by atoms with van der Waals surface area (Å²) >= 11 is 0. The summed E-state index contributed by atoms with van der Waals surface area (Å²) in [5.74, 6) is -1.60. The molecule has 10 nitrogen and oxygen atoms in total. The first-order chi connectivity index (χ1) is 8.69. The molecule has 10 heteroatoms. The third kappa shape index (κ3) is 1.79. The van der Waals surface area contributed by atoms with Crippen molar-refractivity contribution in [2.24, 2.45) is 0 Å². The van der Waals surface area contributed by atoms with Crippen molar-refractivity contribution in [1.29, 1.82) is 0 Å². The van der Waals surface area contributed by atoms with E-state index < -0.39 is 11.9 Å². The quantitative estimate of drug-likeness (QED) is 0.672. The molecule has 0 fully saturated rings. The van der Waals surface area contributed by atoms with E-state index in [-0.39, 0.29) is 22.8 Å². The largest absolute Gasteiger partial charge is 0.464 e. The van der Waals surface area contributed by atoms with E-state index >= 15 is 0 Å². The SMILES string of the molecule is COC(=O)c1nonc1-c1nonc1C(=O)OC. The first-order valence-electron chi connectivity index (χ1n) is 4.51. The summed E-state index contributed by atoms with van der Waals surface area (Å²) in [6.45, 7) is 0. The molecule has 0 aliphatic heterocycles. The van der Waals surface area contributed by atoms with Gasteiger partial charge >= 0.3 is 11.9 Å². The van der Waals surface area contributed by atoms with Gasteiger partial charge in [0.15, 0.2) is 11.4 Å². The molecule has 0 unspecified atom stereocenters. The predicted octanol–water partition coefficient (Wildman–Crippen LogP) is -0.307. The van der Waals surface area contributed by atoms with Crippen LogP contribution in [-0.4, -0.2) is 46.8 Å². The molecule has 2 aromatic rings. The molecule has 0 aromatic carbocycles. The van der Waals surface area contributed by atoms with Gasteiger partial charge in [-0.2, -0.15) is 0 Å². The van der Waals surface area contributed by atoms with Gasteiger partial charge in [0.25, 0.3) is 0 Å². The lowest BCUT2D eigenvalue weighted by molar-refractivity contribution is 0.0578. The van der Waals surface area contributed by atoms with Crippen LogP contribution >= 0.6 is 0 Å². The first-order valence-corrected chi connectivity index (χ1v) is 4.51. The summed E-state index contributed by atoms with van der Waals surface area (Å²) in [7, 11) is 2.31. The number of hydrogen-bond donors (Lipinski definition) is 0. The maximum atomic E-state index is 11.4. The van der Waals surface area contributed by atoms with Crippen molar-refractivity contribution in [3.05, 3.63) is 11.4 Å². The molecule has 2 aromatic heterocycles. The Bertz CT molecular complexity index is 536. The first kappa shape index (κ1) is 11.7. The van der Waals surface area contributed by atoms with Crippen LogP contribution in [0.5, 0.6) is 0 Å². The zero-order valence-electron chi connectivity index (χ0n) is 9.24. The Labute approximate surface area is 98.8 Å². The number of carbonyl (C=O) groups is 2. The minimum atomic E-state index is -0.801. The minimum absolute atomic E-state index is 0.122. The average molecular weight is 254 g/mol. The summed E-state index contributed by atoms with van der Waals surface area (Å²) in [6.07, 6.45) is 0. The molecular weight excluding hydrogens is 248 g/mol. The molecule has 0 spiro atoms. The highest BCUT2D eigenvalue weighted by atomic mass is 16.6. The average Bonchev–Trinajstić information content (AvgIpc) is 3.04. The number of aromatic nitrogens is 4. The number of esters is 2. The van der Waals surface area contributed by atoms with E-state index in [9.17, 15) is 9.59 Å². The van der Waals surface area contributed by atoms with Gasteiger partial charge < -0.3 is 9.47 Å². The molecule has 0 saturated heterocycles. The van der Waals surface area contributed by atoms with E-state index in [1.54, 1.807) is 0 Å². The molecule has 0 saturated carbocycles. The second kappa shape index (κ2) is 4.61. The summed E-state index contributed by atoms with van der Waals surface area (Å²) in [6, 6.07) is 0. The van der Waals surface area contributed by atoms with Crippen LogP contribution in [0.4, 0.5) is 0 Å². The van der Waals surface area contributed by atoms with Crippen LogP contribution in [-0.2, 0) is 9.47 Å². The zero-order valence-corrected chi connectivity index (χ0v) is 9.24. The number of nitrogens with zero attached hydrogens (tertiary/aromatic N) is 4. The molecule has 2 rings (SSSR count). The van der Waals surface area contributed by atoms with Gasteiger partial charge in [-0.3, -0.25) is 0 Å². The predicted molar refractivity (Wildman–Crippen MR) is 50.3 cm³/mol. The smallest absolute Gasteiger partial charge is 0.362 e. The van der Waals surface area contributed by atoms with Crippen molar-refractivity contribution in [2.75, 3.05) is 14.2 Å². The molecule has 0 bridgehead atoms. The van der Waals surface area contributed by atoms with Crippen molar-refractivity contribution >= 4 is 11.9 Å². The fourth-order valence-electron chi connectivity index (χ4n) is 1.15. The summed E-state index contributed by atoms with van der Waals surface area (Å²) < 4.78 is 17.7. The Morgan fingerprint density at radius 1 is 0.833 bits per heavy atom. The van der Waals surface area contributed by atoms with Crippen LogP contribution in [0.1, 0.15) is 21.0 Å². The van der Waals surface area contributed by atoms with Crippen molar-refractivity contribution < 1.29 is 28.3 Å². The molecule has 0 amide bonds. The molecule has 0 N–H and O–H groups in total. The topological polar surface area (TPSA) is 130 Å². The van der Waals surface area contributed by atoms with Gasteiger partial charge in [0, 0.05) is 0 Å². The van der Waals surface area contributed by atoms with Gasteiger partial charge in [-0.25, -0.2) is 18.8 Å². The molecule has 0 atom stereocenters. The van der Waals surface area contributed by atoms with Crippen LogP contribution in [0.25, 0.3) is 11.4 Å². The van der Waals surface area contributed by atoms with Gasteiger partial charge in [0.2, 0.25) is 11.4 Å². The van der Waals surface area contributed by atoms with Crippen molar-refractivity contribution in [1.82, 2.24) is 20.6 Å². The lowest BCUT2D eigenvalue weighted by Gasteiger charge is -1.95. The molecule has 18 heavy (non-hydrogen) atoms. The number of carbonyl (C=O) groups excluding carboxylic acids is 2. The zero-order chi connectivity index (χ0) is 13.1. The number of hydrogen-bond acceptors (Lipinski definition) is 10. The molecular formula is C8H6N4O6. The maximum Gasteiger partial charge on any atom is 0.362 e. The Balaban J connectivity index is 2.50. The second-order valence-electron chi connectivity index (χ2n) is 2.91. The summed E-state index contributed by atoms with van der Waals surface area (Å²) in [4.78, 5) is 22.7. The number of methoxy groups -OCH3 is 2. The molecule has 94 valence electrons. The van der Waals surface area contributed by atoms with Gasteiger partial charge in [0.05, 0.1) is 14.2 Å². The van der Waals surface area contributed by atoms with Crippen LogP contribution in [0.3, 0.4) is 0 Å². The van der Waals surface area contributed by atoms with Crippen LogP contribution in [0, 0.1) is 0 Å². The molecule has 0 aliphatic rings.